The van der Waals surface area contributed by atoms with E-state index in [1.54, 1.807) is 0 Å². The number of nitrogens with two attached hydrogens (primary N) is 2. The van der Waals surface area contributed by atoms with Gasteiger partial charge in [0.1, 0.15) is 0 Å². The second-order valence-corrected chi connectivity index (χ2v) is 5.94. The third kappa shape index (κ3) is 4.92. The topological polar surface area (TPSA) is 98.2 Å². The summed E-state index contributed by atoms with van der Waals surface area (Å²) < 4.78 is 21.5. The van der Waals surface area contributed by atoms with Crippen molar-refractivity contribution in [3.8, 4) is 0 Å². The molecule has 5 nitrogen and oxygen atoms in total. The molecule has 1 aliphatic carbocycles. The van der Waals surface area contributed by atoms with Crippen molar-refractivity contribution < 1.29 is 8.42 Å². The molecule has 2 unspecified atom stereocenters. The van der Waals surface area contributed by atoms with Gasteiger partial charge in [-0.1, -0.05) is 12.8 Å². The van der Waals surface area contributed by atoms with Gasteiger partial charge in [-0.2, -0.15) is 0 Å². The zero-order valence-corrected chi connectivity index (χ0v) is 9.80. The van der Waals surface area contributed by atoms with E-state index >= 15 is 0 Å². The highest BCUT2D eigenvalue weighted by molar-refractivity contribution is 7.89. The summed E-state index contributed by atoms with van der Waals surface area (Å²) >= 11 is 0. The molecule has 0 aromatic rings. The summed E-state index contributed by atoms with van der Waals surface area (Å²) in [5.41, 5.74) is 5.67. The van der Waals surface area contributed by atoms with Gasteiger partial charge >= 0.3 is 0 Å². The molecule has 0 heterocycles. The molecule has 1 saturated carbocycles. The zero-order valence-electron chi connectivity index (χ0n) is 8.98. The van der Waals surface area contributed by atoms with Crippen LogP contribution in [0.3, 0.4) is 0 Å². The number of rotatable bonds is 5. The van der Waals surface area contributed by atoms with Gasteiger partial charge in [-0.05, 0) is 25.3 Å². The Kier molecular flexibility index (Phi) is 4.98. The molecule has 0 bridgehead atoms. The van der Waals surface area contributed by atoms with E-state index in [0.29, 0.717) is 25.0 Å². The molecule has 0 aromatic heterocycles. The molecule has 1 aliphatic rings. The van der Waals surface area contributed by atoms with Gasteiger partial charge in [-0.3, -0.25) is 0 Å². The Labute approximate surface area is 91.6 Å². The molecule has 0 radical (unpaired) electrons. The lowest BCUT2D eigenvalue weighted by Crippen LogP contribution is -2.43. The smallest absolute Gasteiger partial charge is 0.210 e. The summed E-state index contributed by atoms with van der Waals surface area (Å²) in [6, 6.07) is 0.366. The van der Waals surface area contributed by atoms with Gasteiger partial charge in [-0.15, -0.1) is 0 Å². The molecule has 0 spiro atoms. The zero-order chi connectivity index (χ0) is 11.3. The van der Waals surface area contributed by atoms with E-state index in [1.807, 2.05) is 0 Å². The summed E-state index contributed by atoms with van der Waals surface area (Å²) in [5, 5.41) is 8.17. The van der Waals surface area contributed by atoms with Crippen LogP contribution in [0.25, 0.3) is 0 Å². The highest BCUT2D eigenvalue weighted by Gasteiger charge is 2.23. The predicted octanol–water partition coefficient (Wildman–Crippen LogP) is -0.618. The van der Waals surface area contributed by atoms with Crippen molar-refractivity contribution in [1.29, 1.82) is 0 Å². The fraction of sp³-hybridized carbons (Fsp3) is 1.00. The van der Waals surface area contributed by atoms with E-state index in [9.17, 15) is 8.42 Å². The fourth-order valence-corrected chi connectivity index (χ4v) is 2.55. The molecular weight excluding hydrogens is 214 g/mol. The first kappa shape index (κ1) is 12.9. The average Bonchev–Trinajstić information content (AvgIpc) is 2.16. The van der Waals surface area contributed by atoms with E-state index < -0.39 is 10.0 Å². The second kappa shape index (κ2) is 5.79. The third-order valence-electron chi connectivity index (χ3n) is 3.00. The van der Waals surface area contributed by atoms with E-state index in [-0.39, 0.29) is 5.75 Å². The summed E-state index contributed by atoms with van der Waals surface area (Å²) in [6.45, 7) is 1.10. The molecule has 6 heteroatoms. The van der Waals surface area contributed by atoms with Crippen molar-refractivity contribution in [3.05, 3.63) is 0 Å². The van der Waals surface area contributed by atoms with Gasteiger partial charge < -0.3 is 11.1 Å². The van der Waals surface area contributed by atoms with Crippen LogP contribution in [0.1, 0.15) is 25.7 Å². The first-order chi connectivity index (χ1) is 7.03. The minimum Gasteiger partial charge on any atom is -0.330 e. The lowest BCUT2D eigenvalue weighted by Gasteiger charge is -2.31. The van der Waals surface area contributed by atoms with Crippen molar-refractivity contribution in [2.24, 2.45) is 16.8 Å². The molecular formula is C9H21N3O2S. The highest BCUT2D eigenvalue weighted by Crippen LogP contribution is 2.23. The Balaban J connectivity index is 2.29. The normalized spacial score (nSPS) is 27.9. The van der Waals surface area contributed by atoms with Crippen LogP contribution in [0.4, 0.5) is 0 Å². The van der Waals surface area contributed by atoms with Crippen LogP contribution in [0, 0.1) is 5.92 Å². The molecule has 0 aromatic carbocycles. The van der Waals surface area contributed by atoms with Gasteiger partial charge in [0.15, 0.2) is 0 Å². The summed E-state index contributed by atoms with van der Waals surface area (Å²) in [5.74, 6) is 0.486. The molecule has 0 amide bonds. The summed E-state index contributed by atoms with van der Waals surface area (Å²) in [4.78, 5) is 0. The van der Waals surface area contributed by atoms with Crippen molar-refractivity contribution in [2.75, 3.05) is 18.8 Å². The standard InChI is InChI=1S/C9H21N3O2S/c10-7-8-3-1-2-4-9(8)12-5-6-15(11,13)14/h8-9,12H,1-7,10H2,(H2,11,13,14). The summed E-state index contributed by atoms with van der Waals surface area (Å²) in [7, 11) is -3.34. The Hall–Kier alpha value is -0.170. The molecule has 5 N–H and O–H groups in total. The van der Waals surface area contributed by atoms with E-state index in [2.05, 4.69) is 5.32 Å². The molecule has 0 aliphatic heterocycles. The molecule has 2 atom stereocenters. The number of sulfonamides is 1. The van der Waals surface area contributed by atoms with Crippen LogP contribution in [-0.2, 0) is 10.0 Å². The van der Waals surface area contributed by atoms with Gasteiger partial charge in [-0.25, -0.2) is 13.6 Å². The van der Waals surface area contributed by atoms with Crippen molar-refractivity contribution in [1.82, 2.24) is 5.32 Å². The maximum atomic E-state index is 10.7. The molecule has 0 saturated heterocycles. The number of hydrogen-bond acceptors (Lipinski definition) is 4. The van der Waals surface area contributed by atoms with Crippen LogP contribution in [0.2, 0.25) is 0 Å². The first-order valence-electron chi connectivity index (χ1n) is 5.47. The molecule has 1 fully saturated rings. The predicted molar refractivity (Wildman–Crippen MR) is 60.8 cm³/mol. The van der Waals surface area contributed by atoms with E-state index in [1.165, 1.54) is 12.8 Å². The quantitative estimate of drug-likeness (QED) is 0.591. The maximum absolute atomic E-state index is 10.7. The molecule has 15 heavy (non-hydrogen) atoms. The number of nitrogens with one attached hydrogen (secondary N) is 1. The molecule has 90 valence electrons. The maximum Gasteiger partial charge on any atom is 0.210 e. The van der Waals surface area contributed by atoms with E-state index in [0.717, 1.165) is 12.8 Å². The van der Waals surface area contributed by atoms with Crippen molar-refractivity contribution >= 4 is 10.0 Å². The molecule has 1 rings (SSSR count). The highest BCUT2D eigenvalue weighted by atomic mass is 32.2. The lowest BCUT2D eigenvalue weighted by atomic mass is 9.84. The summed E-state index contributed by atoms with van der Waals surface area (Å²) in [6.07, 6.45) is 4.66. The Bertz CT molecular complexity index is 279. The first-order valence-corrected chi connectivity index (χ1v) is 7.18. The minimum atomic E-state index is -3.34. The average molecular weight is 235 g/mol. The fourth-order valence-electron chi connectivity index (χ4n) is 2.15. The van der Waals surface area contributed by atoms with Crippen LogP contribution in [0.15, 0.2) is 0 Å². The second-order valence-electron chi connectivity index (χ2n) is 4.21. The van der Waals surface area contributed by atoms with Gasteiger partial charge in [0.25, 0.3) is 0 Å². The van der Waals surface area contributed by atoms with Crippen LogP contribution in [0.5, 0.6) is 0 Å². The van der Waals surface area contributed by atoms with Crippen molar-refractivity contribution in [2.45, 2.75) is 31.7 Å². The van der Waals surface area contributed by atoms with Crippen LogP contribution >= 0.6 is 0 Å². The largest absolute Gasteiger partial charge is 0.330 e. The number of primary sulfonamides is 1. The van der Waals surface area contributed by atoms with Gasteiger partial charge in [0, 0.05) is 12.6 Å². The van der Waals surface area contributed by atoms with Gasteiger partial charge in [0.2, 0.25) is 10.0 Å². The Morgan fingerprint density at radius 3 is 2.53 bits per heavy atom. The minimum absolute atomic E-state index is 0.000785. The lowest BCUT2D eigenvalue weighted by molar-refractivity contribution is 0.272. The third-order valence-corrected chi connectivity index (χ3v) is 3.78. The van der Waals surface area contributed by atoms with Crippen LogP contribution < -0.4 is 16.2 Å². The van der Waals surface area contributed by atoms with Gasteiger partial charge in [0.05, 0.1) is 5.75 Å². The Morgan fingerprint density at radius 1 is 1.27 bits per heavy atom. The number of hydrogen-bond donors (Lipinski definition) is 3. The Morgan fingerprint density at radius 2 is 1.93 bits per heavy atom. The van der Waals surface area contributed by atoms with Crippen molar-refractivity contribution in [3.63, 3.8) is 0 Å². The SMILES string of the molecule is NCC1CCCCC1NCCS(N)(=O)=O. The van der Waals surface area contributed by atoms with Crippen LogP contribution in [-0.4, -0.2) is 33.3 Å². The van der Waals surface area contributed by atoms with E-state index in [4.69, 9.17) is 10.9 Å². The monoisotopic (exact) mass is 235 g/mol.